The van der Waals surface area contributed by atoms with Gasteiger partial charge in [-0.3, -0.25) is 38.4 Å². The van der Waals surface area contributed by atoms with E-state index in [1.54, 1.807) is 61.1 Å². The molecule has 25 nitrogen and oxygen atoms in total. The van der Waals surface area contributed by atoms with Crippen LogP contribution in [0.4, 0.5) is 0 Å². The summed E-state index contributed by atoms with van der Waals surface area (Å²) in [5, 5.41) is 35.9. The minimum absolute atomic E-state index is 0. The number of aliphatic hydroxyl groups excluding tert-OH is 2. The number of rotatable bonds is 22. The van der Waals surface area contributed by atoms with Gasteiger partial charge in [-0.25, -0.2) is 9.59 Å². The molecule has 1 amide bonds. The Morgan fingerprint density at radius 1 is 0.770 bits per heavy atom. The van der Waals surface area contributed by atoms with Crippen molar-refractivity contribution < 1.29 is 106 Å². The lowest BCUT2D eigenvalue weighted by Crippen LogP contribution is -2.61. The van der Waals surface area contributed by atoms with Crippen LogP contribution in [-0.4, -0.2) is 224 Å². The molecule has 8 rings (SSSR count). The van der Waals surface area contributed by atoms with Crippen molar-refractivity contribution in [3.8, 4) is 0 Å². The Labute approximate surface area is 675 Å². The first-order valence-corrected chi connectivity index (χ1v) is 41.0. The van der Waals surface area contributed by atoms with Gasteiger partial charge in [0, 0.05) is 115 Å². The van der Waals surface area contributed by atoms with E-state index in [9.17, 15) is 63.3 Å². The number of esters is 5. The summed E-state index contributed by atoms with van der Waals surface area (Å²) in [6.07, 6.45) is 15.1. The maximum atomic E-state index is 14.9. The van der Waals surface area contributed by atoms with E-state index in [-0.39, 0.29) is 116 Å². The SMILES string of the molecule is COC[C@H]1OC(=O)/C(=C\N(C)CCCN(C)C)C2=C(O)C(=O)C3=C([C@H](OC(C)=O)C[C@@]4(C)C3CC[C@@H]4OC(=O)CCCCCCC(=O)OC3CCC(C[C@@H](C)[C@@H]4CC(=O)[C@H](C)/C=C(\C)[C@@H](O)[C@@H](OC)C(=O)[C@H](C)C[C@H](C)/C=C/C=C/C=C(\C)[C@@H](OC)C[C@@H]5CC[C@@H](C)[C@@](O)(O5)C(=O)C(=O)N5CCCCC5C(=O)O4)CC3)[C@]21C.Cl. The second kappa shape index (κ2) is 41.9. The van der Waals surface area contributed by atoms with Crippen molar-refractivity contribution in [3.05, 3.63) is 81.9 Å². The van der Waals surface area contributed by atoms with Crippen LogP contribution in [0, 0.1) is 52.3 Å². The predicted octanol–water partition coefficient (Wildman–Crippen LogP) is 11.6. The number of hydrogen-bond acceptors (Lipinski definition) is 24. The first kappa shape index (κ1) is 93.5. The van der Waals surface area contributed by atoms with Crippen LogP contribution in [0.3, 0.4) is 0 Å². The molecule has 26 heteroatoms. The van der Waals surface area contributed by atoms with Crippen LogP contribution in [0.5, 0.6) is 0 Å². The van der Waals surface area contributed by atoms with Crippen LogP contribution >= 0.6 is 12.4 Å². The van der Waals surface area contributed by atoms with E-state index in [0.29, 0.717) is 120 Å². The van der Waals surface area contributed by atoms with Crippen molar-refractivity contribution in [1.29, 1.82) is 0 Å². The number of Topliss-reactive ketones (excluding diaryl/α,β-unsaturated/α-hetero) is 4. The molecule has 2 bridgehead atoms. The van der Waals surface area contributed by atoms with Crippen LogP contribution in [0.1, 0.15) is 217 Å². The van der Waals surface area contributed by atoms with E-state index >= 15 is 0 Å². The topological polar surface area (TPSA) is 324 Å². The molecule has 4 aliphatic heterocycles. The lowest BCUT2D eigenvalue weighted by atomic mass is 9.53. The summed E-state index contributed by atoms with van der Waals surface area (Å²) < 4.78 is 54.3. The minimum Gasteiger partial charge on any atom is -0.504 e. The summed E-state index contributed by atoms with van der Waals surface area (Å²) in [6.45, 7) is 18.9. The van der Waals surface area contributed by atoms with Crippen LogP contribution < -0.4 is 0 Å². The quantitative estimate of drug-likeness (QED) is 0.0226. The Hall–Kier alpha value is -6.71. The van der Waals surface area contributed by atoms with Crippen molar-refractivity contribution in [2.45, 2.75) is 284 Å². The number of allylic oxidation sites excluding steroid dienone is 7. The predicted molar refractivity (Wildman–Crippen MR) is 424 cm³/mol. The summed E-state index contributed by atoms with van der Waals surface area (Å²) in [7, 11) is 10.1. The molecule has 3 saturated heterocycles. The number of ketones is 4. The van der Waals surface area contributed by atoms with E-state index < -0.39 is 148 Å². The number of unbranched alkanes of at least 4 members (excludes halogenated alkanes) is 3. The van der Waals surface area contributed by atoms with Crippen molar-refractivity contribution in [2.75, 3.05) is 68.7 Å². The molecule has 0 aromatic carbocycles. The molecular formula is C87H130ClN3O22. The standard InChI is InChI=1S/C87H129N3O22.ClH/c1-51-27-20-19-21-28-52(2)66(105-15)46-61-35-32-57(7)87(103,112-61)81(99)82(100)90-42-25-24-29-64(90)84(102)109-67(47-65(92)53(3)44-56(6)77(96)80(106-16)76(95)55(5)43-51)54(4)45-59-33-36-60(37-34-59)108-71(93)30-22-17-18-23-31-72(94)110-69-39-38-63-73-75(68(107-58(8)91)48-85(63,69)9)86(10)70(50-104-14)111-83(101)62(74(86)79(98)78(73)97)49-89(13)41-26-40-88(11)12;/h19-21,27-28,44,49,51,53-55,57,59-61,63-64,66-70,77,80,96,98,103H,17-18,22-26,29-43,45-48,50H2,1-16H3;1H/b21-19+,27-20+,52-28+,56-44+,62-49-;/t51-,53-,54-,55-,57-,59?,60?,61+,63?,64?,66+,67+,68-,69+,70-,77-,80+,85+,86+,87-;/m1./s1. The van der Waals surface area contributed by atoms with E-state index in [1.807, 2.05) is 82.0 Å². The van der Waals surface area contributed by atoms with Gasteiger partial charge in [0.2, 0.25) is 11.6 Å². The first-order chi connectivity index (χ1) is 53.0. The molecule has 2 unspecified atom stereocenters. The number of nitrogens with zero attached hydrogens (tertiary/aromatic N) is 3. The summed E-state index contributed by atoms with van der Waals surface area (Å²) >= 11 is 0. The van der Waals surface area contributed by atoms with Crippen molar-refractivity contribution in [1.82, 2.24) is 14.7 Å². The minimum atomic E-state index is -2.49. The zero-order valence-corrected chi connectivity index (χ0v) is 70.6. The molecule has 3 N–H and O–H groups in total. The van der Waals surface area contributed by atoms with E-state index in [2.05, 4.69) is 0 Å². The maximum absolute atomic E-state index is 14.9. The number of halogens is 1. The largest absolute Gasteiger partial charge is 0.504 e. The summed E-state index contributed by atoms with van der Waals surface area (Å²) in [6, 6.07) is -1.21. The number of amides is 1. The van der Waals surface area contributed by atoms with Crippen LogP contribution in [0.15, 0.2) is 81.9 Å². The van der Waals surface area contributed by atoms with Crippen LogP contribution in [0.25, 0.3) is 0 Å². The van der Waals surface area contributed by atoms with Gasteiger partial charge in [-0.05, 0) is 191 Å². The van der Waals surface area contributed by atoms with E-state index in [1.165, 1.54) is 26.0 Å². The first-order valence-electron chi connectivity index (χ1n) is 41.0. The molecular weight excluding hydrogens is 1470 g/mol. The highest BCUT2D eigenvalue weighted by molar-refractivity contribution is 6.39. The second-order valence-corrected chi connectivity index (χ2v) is 34.1. The normalized spacial score (nSPS) is 35.6. The van der Waals surface area contributed by atoms with Gasteiger partial charge >= 0.3 is 29.8 Å². The Kier molecular flexibility index (Phi) is 34.7. The Balaban J connectivity index is 0.0000177. The lowest BCUT2D eigenvalue weighted by Gasteiger charge is -2.54. The molecule has 2 saturated carbocycles. The van der Waals surface area contributed by atoms with Gasteiger partial charge in [0.1, 0.15) is 54.6 Å². The molecule has 113 heavy (non-hydrogen) atoms. The fourth-order valence-electron chi connectivity index (χ4n) is 18.7. The zero-order chi connectivity index (χ0) is 82.3. The smallest absolute Gasteiger partial charge is 0.340 e. The molecule has 4 aliphatic carbocycles. The number of carbonyl (C=O) groups excluding carboxylic acids is 10. The number of piperidine rings is 1. The average Bonchev–Trinajstić information content (AvgIpc) is 1.68. The van der Waals surface area contributed by atoms with Gasteiger partial charge in [-0.1, -0.05) is 90.8 Å². The summed E-state index contributed by atoms with van der Waals surface area (Å²) in [4.78, 5) is 146. The van der Waals surface area contributed by atoms with Crippen molar-refractivity contribution >= 4 is 71.3 Å². The van der Waals surface area contributed by atoms with Gasteiger partial charge in [0.15, 0.2) is 11.5 Å². The Morgan fingerprint density at radius 2 is 1.45 bits per heavy atom. The summed E-state index contributed by atoms with van der Waals surface area (Å²) in [5.41, 5.74) is -0.207. The number of methoxy groups -OCH3 is 3. The highest BCUT2D eigenvalue weighted by Crippen LogP contribution is 2.64. The molecule has 0 aromatic rings. The van der Waals surface area contributed by atoms with Crippen LogP contribution in [-0.2, 0) is 90.6 Å². The second-order valence-electron chi connectivity index (χ2n) is 34.1. The van der Waals surface area contributed by atoms with Gasteiger partial charge in [0.05, 0.1) is 29.8 Å². The lowest BCUT2D eigenvalue weighted by molar-refractivity contribution is -0.265. The molecule has 8 aliphatic rings. The Bertz CT molecular complexity index is 3620. The van der Waals surface area contributed by atoms with Crippen molar-refractivity contribution in [2.24, 2.45) is 52.3 Å². The highest BCUT2D eigenvalue weighted by atomic mass is 35.5. The Morgan fingerprint density at radius 3 is 2.10 bits per heavy atom. The number of hydrogen-bond donors (Lipinski definition) is 3. The average molecular weight is 1610 g/mol. The highest BCUT2D eigenvalue weighted by Gasteiger charge is 2.65. The molecule has 4 heterocycles. The molecule has 0 aromatic heterocycles. The molecule has 632 valence electrons. The number of fused-ring (bicyclic) bond motifs is 7. The van der Waals surface area contributed by atoms with Gasteiger partial charge < -0.3 is 72.7 Å². The monoisotopic (exact) mass is 1600 g/mol. The third kappa shape index (κ3) is 22.7. The van der Waals surface area contributed by atoms with E-state index in [0.717, 1.165) is 18.5 Å². The van der Waals surface area contributed by atoms with Gasteiger partial charge in [-0.15, -0.1) is 12.4 Å². The molecule has 0 radical (unpaired) electrons. The maximum Gasteiger partial charge on any atom is 0.340 e. The molecule has 18 atom stereocenters. The van der Waals surface area contributed by atoms with Gasteiger partial charge in [0.25, 0.3) is 11.7 Å². The number of cyclic esters (lactones) is 2. The third-order valence-electron chi connectivity index (χ3n) is 25.3. The van der Waals surface area contributed by atoms with E-state index in [4.69, 9.17) is 42.6 Å². The fraction of sp³-hybridized carbons (Fsp3) is 0.724. The fourth-order valence-corrected chi connectivity index (χ4v) is 18.7. The third-order valence-corrected chi connectivity index (χ3v) is 25.3. The number of aliphatic hydroxyl groups is 3. The number of ether oxygens (including phenoxy) is 9. The molecule has 5 fully saturated rings. The van der Waals surface area contributed by atoms with Gasteiger partial charge in [-0.2, -0.15) is 0 Å². The van der Waals surface area contributed by atoms with Crippen molar-refractivity contribution in [3.63, 3.8) is 0 Å². The molecule has 0 spiro atoms. The zero-order valence-electron chi connectivity index (χ0n) is 69.8. The number of carbonyl (C=O) groups is 10. The summed E-state index contributed by atoms with van der Waals surface area (Å²) in [5.74, 6) is -12.3. The van der Waals surface area contributed by atoms with Crippen LogP contribution in [0.2, 0.25) is 0 Å².